The molecule has 1 aliphatic carbocycles. The highest BCUT2D eigenvalue weighted by Crippen LogP contribution is 2.37. The molecule has 0 aromatic heterocycles. The van der Waals surface area contributed by atoms with Gasteiger partial charge in [-0.3, -0.25) is 4.90 Å². The minimum absolute atomic E-state index is 0.0705. The molecular formula is C18H27FN2. The first-order valence-electron chi connectivity index (χ1n) is 8.40. The summed E-state index contributed by atoms with van der Waals surface area (Å²) in [6.45, 7) is 6.49. The molecule has 2 nitrogen and oxygen atoms in total. The summed E-state index contributed by atoms with van der Waals surface area (Å²) in [6.07, 6.45) is 6.30. The molecule has 1 aliphatic heterocycles. The van der Waals surface area contributed by atoms with E-state index in [0.717, 1.165) is 25.1 Å². The molecule has 3 rings (SSSR count). The first-order chi connectivity index (χ1) is 10.2. The van der Waals surface area contributed by atoms with Crippen LogP contribution in [0.3, 0.4) is 0 Å². The number of benzene rings is 1. The first kappa shape index (κ1) is 15.0. The zero-order valence-electron chi connectivity index (χ0n) is 13.2. The average molecular weight is 290 g/mol. The second-order valence-corrected chi connectivity index (χ2v) is 6.80. The van der Waals surface area contributed by atoms with Gasteiger partial charge in [-0.1, -0.05) is 38.0 Å². The molecule has 1 aromatic rings. The highest BCUT2D eigenvalue weighted by molar-refractivity contribution is 5.21. The molecule has 2 atom stereocenters. The highest BCUT2D eigenvalue weighted by atomic mass is 19.1. The molecule has 3 heteroatoms. The van der Waals surface area contributed by atoms with Crippen molar-refractivity contribution in [2.75, 3.05) is 13.1 Å². The van der Waals surface area contributed by atoms with Crippen LogP contribution < -0.4 is 5.32 Å². The number of piperazine rings is 1. The first-order valence-corrected chi connectivity index (χ1v) is 8.40. The Morgan fingerprint density at radius 2 is 2.05 bits per heavy atom. The molecule has 1 heterocycles. The molecule has 0 radical (unpaired) electrons. The van der Waals surface area contributed by atoms with Gasteiger partial charge in [-0.25, -0.2) is 4.39 Å². The summed E-state index contributed by atoms with van der Waals surface area (Å²) >= 11 is 0. The summed E-state index contributed by atoms with van der Waals surface area (Å²) in [5, 5.41) is 3.81. The van der Waals surface area contributed by atoms with Gasteiger partial charge in [-0.05, 0) is 32.3 Å². The van der Waals surface area contributed by atoms with E-state index in [2.05, 4.69) is 24.1 Å². The quantitative estimate of drug-likeness (QED) is 0.908. The van der Waals surface area contributed by atoms with Crippen molar-refractivity contribution in [3.8, 4) is 0 Å². The van der Waals surface area contributed by atoms with E-state index in [1.54, 1.807) is 12.1 Å². The van der Waals surface area contributed by atoms with Crippen LogP contribution >= 0.6 is 0 Å². The Kier molecular flexibility index (Phi) is 4.32. The van der Waals surface area contributed by atoms with Crippen LogP contribution in [0.4, 0.5) is 4.39 Å². The van der Waals surface area contributed by atoms with Crippen LogP contribution in [-0.2, 0) is 0 Å². The van der Waals surface area contributed by atoms with Crippen molar-refractivity contribution in [2.45, 2.75) is 63.6 Å². The molecule has 2 unspecified atom stereocenters. The highest BCUT2D eigenvalue weighted by Gasteiger charge is 2.42. The van der Waals surface area contributed by atoms with Gasteiger partial charge in [0.15, 0.2) is 0 Å². The average Bonchev–Trinajstić information content (AvgIpc) is 2.95. The van der Waals surface area contributed by atoms with Crippen LogP contribution in [0, 0.1) is 5.82 Å². The molecule has 1 saturated heterocycles. The maximum atomic E-state index is 14.2. The van der Waals surface area contributed by atoms with Gasteiger partial charge in [0.1, 0.15) is 5.82 Å². The van der Waals surface area contributed by atoms with Gasteiger partial charge < -0.3 is 5.32 Å². The Labute approximate surface area is 127 Å². The second-order valence-electron chi connectivity index (χ2n) is 6.80. The van der Waals surface area contributed by atoms with Crippen LogP contribution in [0.25, 0.3) is 0 Å². The summed E-state index contributed by atoms with van der Waals surface area (Å²) in [7, 11) is 0. The molecule has 1 N–H and O–H groups in total. The maximum absolute atomic E-state index is 14.2. The van der Waals surface area contributed by atoms with Crippen molar-refractivity contribution in [3.63, 3.8) is 0 Å². The van der Waals surface area contributed by atoms with Gasteiger partial charge in [0.2, 0.25) is 0 Å². The van der Waals surface area contributed by atoms with Crippen LogP contribution in [0.5, 0.6) is 0 Å². The van der Waals surface area contributed by atoms with Crippen LogP contribution in [0.15, 0.2) is 24.3 Å². The predicted molar refractivity (Wildman–Crippen MR) is 84.8 cm³/mol. The molecule has 0 amide bonds. The number of nitrogens with zero attached hydrogens (tertiary/aromatic N) is 1. The van der Waals surface area contributed by atoms with Gasteiger partial charge >= 0.3 is 0 Å². The minimum Gasteiger partial charge on any atom is -0.308 e. The Morgan fingerprint density at radius 1 is 1.33 bits per heavy atom. The molecule has 116 valence electrons. The van der Waals surface area contributed by atoms with Gasteiger partial charge in [0, 0.05) is 36.3 Å². The maximum Gasteiger partial charge on any atom is 0.127 e. The fraction of sp³-hybridized carbons (Fsp3) is 0.667. The van der Waals surface area contributed by atoms with E-state index < -0.39 is 0 Å². The Morgan fingerprint density at radius 3 is 2.71 bits per heavy atom. The van der Waals surface area contributed by atoms with Crippen LogP contribution in [0.2, 0.25) is 0 Å². The van der Waals surface area contributed by atoms with Crippen molar-refractivity contribution < 1.29 is 4.39 Å². The number of rotatable bonds is 3. The minimum atomic E-state index is -0.0705. The van der Waals surface area contributed by atoms with E-state index in [1.165, 1.54) is 25.7 Å². The smallest absolute Gasteiger partial charge is 0.127 e. The molecule has 21 heavy (non-hydrogen) atoms. The summed E-state index contributed by atoms with van der Waals surface area (Å²) in [4.78, 5) is 2.54. The monoisotopic (exact) mass is 290 g/mol. The van der Waals surface area contributed by atoms with E-state index in [4.69, 9.17) is 0 Å². The molecule has 1 saturated carbocycles. The third-order valence-corrected chi connectivity index (χ3v) is 5.55. The second kappa shape index (κ2) is 6.05. The predicted octanol–water partition coefficient (Wildman–Crippen LogP) is 3.88. The third-order valence-electron chi connectivity index (χ3n) is 5.55. The van der Waals surface area contributed by atoms with Crippen molar-refractivity contribution in [1.29, 1.82) is 0 Å². The number of nitrogens with one attached hydrogen (secondary N) is 1. The van der Waals surface area contributed by atoms with E-state index in [9.17, 15) is 4.39 Å². The standard InChI is InChI=1S/C18H27FN2/c1-3-15-12-20-18(10-6-7-11-18)13-21(15)14(2)16-8-4-5-9-17(16)19/h4-5,8-9,14-15,20H,3,6-7,10-13H2,1-2H3. The number of halogens is 1. The van der Waals surface area contributed by atoms with Gasteiger partial charge in [0.25, 0.3) is 0 Å². The van der Waals surface area contributed by atoms with E-state index in [1.807, 2.05) is 12.1 Å². The normalized spacial score (nSPS) is 27.1. The van der Waals surface area contributed by atoms with E-state index in [-0.39, 0.29) is 17.4 Å². The third kappa shape index (κ3) is 2.86. The van der Waals surface area contributed by atoms with Crippen molar-refractivity contribution >= 4 is 0 Å². The van der Waals surface area contributed by atoms with E-state index >= 15 is 0 Å². The van der Waals surface area contributed by atoms with Crippen LogP contribution in [-0.4, -0.2) is 29.6 Å². The zero-order chi connectivity index (χ0) is 14.9. The molecular weight excluding hydrogens is 263 g/mol. The summed E-state index contributed by atoms with van der Waals surface area (Å²) in [6, 6.07) is 7.90. The van der Waals surface area contributed by atoms with Crippen molar-refractivity contribution in [3.05, 3.63) is 35.6 Å². The lowest BCUT2D eigenvalue weighted by Crippen LogP contribution is -2.63. The lowest BCUT2D eigenvalue weighted by molar-refractivity contribution is 0.0450. The summed E-state index contributed by atoms with van der Waals surface area (Å²) in [5.74, 6) is -0.0705. The fourth-order valence-corrected chi connectivity index (χ4v) is 4.20. The van der Waals surface area contributed by atoms with Gasteiger partial charge in [-0.15, -0.1) is 0 Å². The topological polar surface area (TPSA) is 15.3 Å². The summed E-state index contributed by atoms with van der Waals surface area (Å²) < 4.78 is 14.2. The van der Waals surface area contributed by atoms with E-state index in [0.29, 0.717) is 6.04 Å². The number of hydrogen-bond acceptors (Lipinski definition) is 2. The van der Waals surface area contributed by atoms with Crippen molar-refractivity contribution in [1.82, 2.24) is 10.2 Å². The van der Waals surface area contributed by atoms with Gasteiger partial charge in [-0.2, -0.15) is 0 Å². The number of hydrogen-bond donors (Lipinski definition) is 1. The molecule has 2 aliphatic rings. The summed E-state index contributed by atoms with van der Waals surface area (Å²) in [5.41, 5.74) is 1.12. The zero-order valence-corrected chi connectivity index (χ0v) is 13.2. The Bertz CT molecular complexity index is 482. The van der Waals surface area contributed by atoms with Crippen LogP contribution in [0.1, 0.15) is 57.6 Å². The lowest BCUT2D eigenvalue weighted by Gasteiger charge is -2.49. The molecule has 2 fully saturated rings. The SMILES string of the molecule is CCC1CNC2(CCCC2)CN1C(C)c1ccccc1F. The molecule has 1 spiro atoms. The Hall–Kier alpha value is -0.930. The lowest BCUT2D eigenvalue weighted by atomic mass is 9.89. The largest absolute Gasteiger partial charge is 0.308 e. The Balaban J connectivity index is 1.84. The molecule has 0 bridgehead atoms. The van der Waals surface area contributed by atoms with Gasteiger partial charge in [0.05, 0.1) is 0 Å². The van der Waals surface area contributed by atoms with Crippen molar-refractivity contribution in [2.24, 2.45) is 0 Å². The fourth-order valence-electron chi connectivity index (χ4n) is 4.20. The molecule has 1 aromatic carbocycles.